The number of carbonyl (C=O) groups is 1. The normalized spacial score (nSPS) is 14.1. The van der Waals surface area contributed by atoms with Crippen molar-refractivity contribution in [3.05, 3.63) is 59.7 Å². The summed E-state index contributed by atoms with van der Waals surface area (Å²) in [6.45, 7) is 1.80. The fourth-order valence-electron chi connectivity index (χ4n) is 2.43. The highest BCUT2D eigenvalue weighted by Gasteiger charge is 2.23. The van der Waals surface area contributed by atoms with E-state index in [1.54, 1.807) is 24.3 Å². The second-order valence-electron chi connectivity index (χ2n) is 6.00. The van der Waals surface area contributed by atoms with Crippen molar-refractivity contribution >= 4 is 21.9 Å². The molecule has 2 aromatic carbocycles. The summed E-state index contributed by atoms with van der Waals surface area (Å²) in [6, 6.07) is 14.5. The highest BCUT2D eigenvalue weighted by atomic mass is 32.2. The molecule has 1 heterocycles. The predicted molar refractivity (Wildman–Crippen MR) is 99.9 cm³/mol. The lowest BCUT2D eigenvalue weighted by atomic mass is 10.2. The van der Waals surface area contributed by atoms with Crippen LogP contribution in [0.25, 0.3) is 0 Å². The van der Waals surface area contributed by atoms with Crippen LogP contribution in [0.4, 0.5) is 0 Å². The number of nitriles is 1. The number of hydrogen-bond donors (Lipinski definition) is 0. The van der Waals surface area contributed by atoms with Gasteiger partial charge < -0.3 is 8.92 Å². The molecule has 1 aliphatic rings. The number of ether oxygens (including phenoxy) is 1. The van der Waals surface area contributed by atoms with Gasteiger partial charge in [0.2, 0.25) is 5.90 Å². The van der Waals surface area contributed by atoms with Gasteiger partial charge in [0.25, 0.3) is 5.91 Å². The van der Waals surface area contributed by atoms with Gasteiger partial charge in [-0.05, 0) is 37.3 Å². The molecule has 28 heavy (non-hydrogen) atoms. The van der Waals surface area contributed by atoms with E-state index in [1.165, 1.54) is 29.3 Å². The fraction of sp³-hybridized carbons (Fsp3) is 0.211. The van der Waals surface area contributed by atoms with Crippen LogP contribution in [0.3, 0.4) is 0 Å². The molecule has 8 nitrogen and oxygen atoms in total. The first kappa shape index (κ1) is 19.4. The zero-order chi connectivity index (χ0) is 20.1. The number of amides is 1. The lowest BCUT2D eigenvalue weighted by Gasteiger charge is -2.23. The molecule has 0 fully saturated rings. The number of aryl methyl sites for hydroxylation is 1. The monoisotopic (exact) mass is 399 g/mol. The lowest BCUT2D eigenvalue weighted by molar-refractivity contribution is -0.135. The summed E-state index contributed by atoms with van der Waals surface area (Å²) in [6.07, 6.45) is 0.139. The van der Waals surface area contributed by atoms with E-state index in [1.807, 2.05) is 13.0 Å². The second-order valence-corrected chi connectivity index (χ2v) is 7.54. The number of rotatable bonds is 6. The van der Waals surface area contributed by atoms with E-state index < -0.39 is 10.1 Å². The molecule has 0 saturated carbocycles. The Kier molecular flexibility index (Phi) is 5.61. The standard InChI is InChI=1S/C19H17N3O5S/c1-14-6-8-17(9-7-14)28(24,25)27-16-5-2-4-15(12-16)19-21-22(11-3-10-20)18(23)13-26-19/h2,4-9,12H,3,11,13H2,1H3. The van der Waals surface area contributed by atoms with E-state index in [4.69, 9.17) is 14.2 Å². The third-order valence-electron chi connectivity index (χ3n) is 3.86. The van der Waals surface area contributed by atoms with Crippen LogP contribution in [0.1, 0.15) is 17.5 Å². The minimum absolute atomic E-state index is 0.0445. The maximum Gasteiger partial charge on any atom is 0.339 e. The molecule has 0 bridgehead atoms. The maximum atomic E-state index is 12.4. The highest BCUT2D eigenvalue weighted by molar-refractivity contribution is 7.87. The maximum absolute atomic E-state index is 12.4. The van der Waals surface area contributed by atoms with Crippen LogP contribution in [0.2, 0.25) is 0 Å². The Hall–Kier alpha value is -3.38. The molecule has 3 rings (SSSR count). The molecule has 0 N–H and O–H groups in total. The molecular formula is C19H17N3O5S. The van der Waals surface area contributed by atoms with E-state index in [0.717, 1.165) is 5.56 Å². The number of hydrogen-bond acceptors (Lipinski definition) is 7. The van der Waals surface area contributed by atoms with Crippen molar-refractivity contribution in [3.8, 4) is 11.8 Å². The largest absolute Gasteiger partial charge is 0.466 e. The first-order valence-electron chi connectivity index (χ1n) is 8.39. The molecular weight excluding hydrogens is 382 g/mol. The lowest BCUT2D eigenvalue weighted by Crippen LogP contribution is -2.37. The third-order valence-corrected chi connectivity index (χ3v) is 5.13. The molecule has 9 heteroatoms. The molecule has 0 radical (unpaired) electrons. The number of benzene rings is 2. The quantitative estimate of drug-likeness (QED) is 0.689. The zero-order valence-electron chi connectivity index (χ0n) is 15.0. The van der Waals surface area contributed by atoms with Crippen molar-refractivity contribution in [3.63, 3.8) is 0 Å². The Morgan fingerprint density at radius 3 is 2.71 bits per heavy atom. The molecule has 2 aromatic rings. The van der Waals surface area contributed by atoms with E-state index in [-0.39, 0.29) is 42.0 Å². The minimum atomic E-state index is -3.99. The van der Waals surface area contributed by atoms with Crippen molar-refractivity contribution in [1.82, 2.24) is 5.01 Å². The first-order valence-corrected chi connectivity index (χ1v) is 9.80. The van der Waals surface area contributed by atoms with Crippen LogP contribution in [0.5, 0.6) is 5.75 Å². The van der Waals surface area contributed by atoms with Crippen molar-refractivity contribution < 1.29 is 22.1 Å². The van der Waals surface area contributed by atoms with Gasteiger partial charge in [-0.3, -0.25) is 4.79 Å². The van der Waals surface area contributed by atoms with Gasteiger partial charge in [-0.15, -0.1) is 5.10 Å². The van der Waals surface area contributed by atoms with E-state index in [0.29, 0.717) is 5.56 Å². The van der Waals surface area contributed by atoms with Gasteiger partial charge in [0.05, 0.1) is 19.0 Å². The van der Waals surface area contributed by atoms with Gasteiger partial charge in [0.15, 0.2) is 6.61 Å². The van der Waals surface area contributed by atoms with Crippen molar-refractivity contribution in [2.75, 3.05) is 13.2 Å². The zero-order valence-corrected chi connectivity index (χ0v) is 15.8. The summed E-state index contributed by atoms with van der Waals surface area (Å²) in [5, 5.41) is 13.9. The number of hydrazone groups is 1. The molecule has 0 spiro atoms. The van der Waals surface area contributed by atoms with E-state index in [9.17, 15) is 13.2 Å². The summed E-state index contributed by atoms with van der Waals surface area (Å²) in [4.78, 5) is 11.8. The Morgan fingerprint density at radius 1 is 1.25 bits per heavy atom. The first-order chi connectivity index (χ1) is 13.4. The Morgan fingerprint density at radius 2 is 2.00 bits per heavy atom. The van der Waals surface area contributed by atoms with Gasteiger partial charge in [-0.25, -0.2) is 5.01 Å². The topological polar surface area (TPSA) is 109 Å². The average Bonchev–Trinajstić information content (AvgIpc) is 2.67. The molecule has 0 unspecified atom stereocenters. The van der Waals surface area contributed by atoms with Crippen molar-refractivity contribution in [1.29, 1.82) is 5.26 Å². The van der Waals surface area contributed by atoms with Crippen LogP contribution >= 0.6 is 0 Å². The second kappa shape index (κ2) is 8.10. The van der Waals surface area contributed by atoms with Gasteiger partial charge in [0.1, 0.15) is 10.6 Å². The third kappa shape index (κ3) is 4.47. The fourth-order valence-corrected chi connectivity index (χ4v) is 3.35. The van der Waals surface area contributed by atoms with Crippen LogP contribution in [-0.2, 0) is 19.6 Å². The van der Waals surface area contributed by atoms with Crippen molar-refractivity contribution in [2.45, 2.75) is 18.2 Å². The van der Waals surface area contributed by atoms with Crippen molar-refractivity contribution in [2.24, 2.45) is 5.10 Å². The summed E-state index contributed by atoms with van der Waals surface area (Å²) in [5.74, 6) is -0.117. The Balaban J connectivity index is 1.83. The molecule has 0 aromatic heterocycles. The minimum Gasteiger partial charge on any atom is -0.466 e. The van der Waals surface area contributed by atoms with Crippen LogP contribution in [0, 0.1) is 18.3 Å². The van der Waals surface area contributed by atoms with Crippen LogP contribution in [-0.4, -0.2) is 38.4 Å². The molecule has 0 atom stereocenters. The smallest absolute Gasteiger partial charge is 0.339 e. The molecule has 1 amide bonds. The van der Waals surface area contributed by atoms with Gasteiger partial charge in [-0.1, -0.05) is 23.8 Å². The van der Waals surface area contributed by atoms with Gasteiger partial charge >= 0.3 is 10.1 Å². The Bertz CT molecular complexity index is 1060. The highest BCUT2D eigenvalue weighted by Crippen LogP contribution is 2.21. The molecule has 1 aliphatic heterocycles. The summed E-state index contributed by atoms with van der Waals surface area (Å²) < 4.78 is 35.4. The van der Waals surface area contributed by atoms with Crippen LogP contribution in [0.15, 0.2) is 58.5 Å². The van der Waals surface area contributed by atoms with Gasteiger partial charge in [-0.2, -0.15) is 13.7 Å². The average molecular weight is 399 g/mol. The summed E-state index contributed by atoms with van der Waals surface area (Å²) >= 11 is 0. The van der Waals surface area contributed by atoms with E-state index in [2.05, 4.69) is 5.10 Å². The number of nitrogens with zero attached hydrogens (tertiary/aromatic N) is 3. The predicted octanol–water partition coefficient (Wildman–Crippen LogP) is 2.20. The van der Waals surface area contributed by atoms with Gasteiger partial charge in [0, 0.05) is 5.56 Å². The summed E-state index contributed by atoms with van der Waals surface area (Å²) in [7, 11) is -3.99. The summed E-state index contributed by atoms with van der Waals surface area (Å²) in [5.41, 5.74) is 1.38. The van der Waals surface area contributed by atoms with E-state index >= 15 is 0 Å². The number of carbonyl (C=O) groups excluding carboxylic acids is 1. The SMILES string of the molecule is Cc1ccc(S(=O)(=O)Oc2cccc(C3=NN(CCC#N)C(=O)CO3)c2)cc1. The molecule has 144 valence electrons. The molecule has 0 saturated heterocycles. The Labute approximate surface area is 162 Å². The molecule has 0 aliphatic carbocycles. The van der Waals surface area contributed by atoms with Crippen LogP contribution < -0.4 is 4.18 Å².